The maximum Gasteiger partial charge on any atom is 0.220 e. The highest BCUT2D eigenvalue weighted by atomic mass is 127. The van der Waals surface area contributed by atoms with Gasteiger partial charge in [-0.2, -0.15) is 0 Å². The van der Waals surface area contributed by atoms with Crippen molar-refractivity contribution in [2.24, 2.45) is 10.9 Å². The van der Waals surface area contributed by atoms with E-state index in [4.69, 9.17) is 9.73 Å². The summed E-state index contributed by atoms with van der Waals surface area (Å²) < 4.78 is 5.34. The zero-order valence-electron chi connectivity index (χ0n) is 19.8. The summed E-state index contributed by atoms with van der Waals surface area (Å²) in [5, 5.41) is 6.24. The highest BCUT2D eigenvalue weighted by Crippen LogP contribution is 2.27. The number of benzene rings is 1. The quantitative estimate of drug-likeness (QED) is 0.292. The topological polar surface area (TPSA) is 69.2 Å². The Morgan fingerprint density at radius 3 is 2.38 bits per heavy atom. The van der Waals surface area contributed by atoms with Gasteiger partial charge in [0.2, 0.25) is 5.91 Å². The molecule has 1 aromatic carbocycles. The van der Waals surface area contributed by atoms with Crippen LogP contribution in [0.2, 0.25) is 0 Å². The molecule has 32 heavy (non-hydrogen) atoms. The number of hydrogen-bond acceptors (Lipinski definition) is 4. The van der Waals surface area contributed by atoms with Crippen molar-refractivity contribution < 1.29 is 9.53 Å². The molecule has 0 bridgehead atoms. The molecule has 2 aliphatic rings. The van der Waals surface area contributed by atoms with Crippen LogP contribution in [0.15, 0.2) is 29.3 Å². The van der Waals surface area contributed by atoms with Gasteiger partial charge in [-0.1, -0.05) is 12.1 Å². The summed E-state index contributed by atoms with van der Waals surface area (Å²) in [5.41, 5.74) is 1.30. The van der Waals surface area contributed by atoms with Crippen molar-refractivity contribution in [1.82, 2.24) is 20.4 Å². The fourth-order valence-corrected chi connectivity index (χ4v) is 4.62. The van der Waals surface area contributed by atoms with Crippen molar-refractivity contribution in [1.29, 1.82) is 0 Å². The molecule has 8 heteroatoms. The first-order chi connectivity index (χ1) is 15.1. The number of hydrogen-bond donors (Lipinski definition) is 2. The molecular formula is C24H40IN5O2. The van der Waals surface area contributed by atoms with Gasteiger partial charge in [0, 0.05) is 33.1 Å². The first-order valence-electron chi connectivity index (χ1n) is 11.8. The predicted molar refractivity (Wildman–Crippen MR) is 141 cm³/mol. The smallest absolute Gasteiger partial charge is 0.220 e. The summed E-state index contributed by atoms with van der Waals surface area (Å²) in [7, 11) is 3.42. The van der Waals surface area contributed by atoms with Gasteiger partial charge in [0.1, 0.15) is 5.75 Å². The average molecular weight is 558 g/mol. The number of amides is 1. The number of methoxy groups -OCH3 is 1. The number of ether oxygens (including phenoxy) is 1. The summed E-state index contributed by atoms with van der Waals surface area (Å²) >= 11 is 0. The second kappa shape index (κ2) is 13.9. The number of rotatable bonds is 8. The normalized spacial score (nSPS) is 18.7. The van der Waals surface area contributed by atoms with Crippen LogP contribution in [0.1, 0.15) is 50.6 Å². The molecule has 1 atom stereocenters. The molecule has 1 amide bonds. The van der Waals surface area contributed by atoms with Crippen molar-refractivity contribution in [3.8, 4) is 5.75 Å². The number of nitrogens with one attached hydrogen (secondary N) is 2. The van der Waals surface area contributed by atoms with Crippen LogP contribution in [-0.4, -0.2) is 75.1 Å². The molecule has 180 valence electrons. The van der Waals surface area contributed by atoms with E-state index >= 15 is 0 Å². The maximum atomic E-state index is 11.7. The van der Waals surface area contributed by atoms with Crippen molar-refractivity contribution in [2.75, 3.05) is 53.4 Å². The molecule has 3 rings (SSSR count). The van der Waals surface area contributed by atoms with Crippen LogP contribution in [-0.2, 0) is 4.79 Å². The molecular weight excluding hydrogens is 517 g/mol. The van der Waals surface area contributed by atoms with Gasteiger partial charge in [-0.05, 0) is 69.3 Å². The largest absolute Gasteiger partial charge is 0.497 e. The molecule has 0 radical (unpaired) electrons. The summed E-state index contributed by atoms with van der Waals surface area (Å²) in [6.07, 6.45) is 5.22. The number of halogens is 1. The predicted octanol–water partition coefficient (Wildman–Crippen LogP) is 3.26. The molecule has 2 N–H and O–H groups in total. The average Bonchev–Trinajstić information content (AvgIpc) is 3.34. The van der Waals surface area contributed by atoms with E-state index in [0.29, 0.717) is 12.3 Å². The van der Waals surface area contributed by atoms with Gasteiger partial charge in [0.15, 0.2) is 5.96 Å². The molecule has 1 unspecified atom stereocenters. The van der Waals surface area contributed by atoms with Crippen LogP contribution >= 0.6 is 24.0 Å². The van der Waals surface area contributed by atoms with E-state index in [2.05, 4.69) is 39.5 Å². The molecule has 0 spiro atoms. The van der Waals surface area contributed by atoms with Gasteiger partial charge in [-0.15, -0.1) is 24.0 Å². The van der Waals surface area contributed by atoms with Crippen molar-refractivity contribution in [3.63, 3.8) is 0 Å². The molecule has 0 saturated carbocycles. The number of nitrogens with zero attached hydrogens (tertiary/aromatic N) is 3. The van der Waals surface area contributed by atoms with Gasteiger partial charge in [-0.3, -0.25) is 14.7 Å². The molecule has 2 aliphatic heterocycles. The first kappa shape index (κ1) is 26.7. The van der Waals surface area contributed by atoms with Crippen LogP contribution < -0.4 is 15.4 Å². The lowest BCUT2D eigenvalue weighted by atomic mass is 9.93. The lowest BCUT2D eigenvalue weighted by Crippen LogP contribution is -2.46. The van der Waals surface area contributed by atoms with Crippen LogP contribution in [0.4, 0.5) is 0 Å². The minimum atomic E-state index is 0. The van der Waals surface area contributed by atoms with Crippen molar-refractivity contribution in [3.05, 3.63) is 29.8 Å². The first-order valence-corrected chi connectivity index (χ1v) is 11.8. The standard InChI is InChI=1S/C24H39N5O2.HI/c1-4-26-24(29-15-11-19(12-16-29)17-23(30)25-2)27-18-22(28-13-5-6-14-28)20-7-9-21(31-3)10-8-20;/h7-10,19,22H,4-6,11-18H2,1-3H3,(H,25,30)(H,26,27);1H. The lowest BCUT2D eigenvalue weighted by molar-refractivity contribution is -0.121. The molecule has 2 heterocycles. The number of carbonyl (C=O) groups is 1. The van der Waals surface area contributed by atoms with Crippen LogP contribution in [0.25, 0.3) is 0 Å². The zero-order chi connectivity index (χ0) is 22.1. The second-order valence-corrected chi connectivity index (χ2v) is 8.53. The van der Waals surface area contributed by atoms with E-state index in [1.807, 2.05) is 12.1 Å². The number of carbonyl (C=O) groups excluding carboxylic acids is 1. The minimum Gasteiger partial charge on any atom is -0.497 e. The fourth-order valence-electron chi connectivity index (χ4n) is 4.62. The number of likely N-dealkylation sites (tertiary alicyclic amines) is 2. The highest BCUT2D eigenvalue weighted by molar-refractivity contribution is 14.0. The summed E-state index contributed by atoms with van der Waals surface area (Å²) in [4.78, 5) is 21.7. The fraction of sp³-hybridized carbons (Fsp3) is 0.667. The third-order valence-electron chi connectivity index (χ3n) is 6.50. The van der Waals surface area contributed by atoms with Gasteiger partial charge in [-0.25, -0.2) is 0 Å². The minimum absolute atomic E-state index is 0. The Balaban J connectivity index is 0.00000363. The third kappa shape index (κ3) is 7.50. The molecule has 0 aliphatic carbocycles. The molecule has 7 nitrogen and oxygen atoms in total. The molecule has 2 fully saturated rings. The van der Waals surface area contributed by atoms with Crippen LogP contribution in [0.3, 0.4) is 0 Å². The van der Waals surface area contributed by atoms with Crippen molar-refractivity contribution in [2.45, 2.75) is 45.1 Å². The maximum absolute atomic E-state index is 11.7. The lowest BCUT2D eigenvalue weighted by Gasteiger charge is -2.34. The van der Waals surface area contributed by atoms with E-state index < -0.39 is 0 Å². The van der Waals surface area contributed by atoms with Gasteiger partial charge < -0.3 is 20.3 Å². The Labute approximate surface area is 210 Å². The van der Waals surface area contributed by atoms with E-state index in [9.17, 15) is 4.79 Å². The number of guanidine groups is 1. The Hall–Kier alpha value is -1.55. The number of aliphatic imine (C=N–C) groups is 1. The molecule has 1 aromatic rings. The summed E-state index contributed by atoms with van der Waals surface area (Å²) in [6, 6.07) is 8.73. The molecule has 2 saturated heterocycles. The second-order valence-electron chi connectivity index (χ2n) is 8.53. The monoisotopic (exact) mass is 557 g/mol. The Morgan fingerprint density at radius 1 is 1.16 bits per heavy atom. The third-order valence-corrected chi connectivity index (χ3v) is 6.50. The van der Waals surface area contributed by atoms with Crippen LogP contribution in [0.5, 0.6) is 5.75 Å². The van der Waals surface area contributed by atoms with Gasteiger partial charge in [0.05, 0.1) is 19.7 Å². The van der Waals surface area contributed by atoms with Crippen molar-refractivity contribution >= 4 is 35.8 Å². The summed E-state index contributed by atoms with van der Waals surface area (Å²) in [6.45, 7) is 7.88. The molecule has 0 aromatic heterocycles. The zero-order valence-corrected chi connectivity index (χ0v) is 22.1. The van der Waals surface area contributed by atoms with E-state index in [-0.39, 0.29) is 35.9 Å². The SMILES string of the molecule is CCNC(=NCC(c1ccc(OC)cc1)N1CCCC1)N1CCC(CC(=O)NC)CC1.I. The van der Waals surface area contributed by atoms with E-state index in [0.717, 1.165) is 63.8 Å². The van der Waals surface area contributed by atoms with Gasteiger partial charge in [0.25, 0.3) is 0 Å². The van der Waals surface area contributed by atoms with E-state index in [1.54, 1.807) is 14.2 Å². The highest BCUT2D eigenvalue weighted by Gasteiger charge is 2.26. The Bertz CT molecular complexity index is 714. The Kier molecular flexibility index (Phi) is 11.6. The summed E-state index contributed by atoms with van der Waals surface area (Å²) in [5.74, 6) is 2.50. The number of piperidine rings is 1. The van der Waals surface area contributed by atoms with Gasteiger partial charge >= 0.3 is 0 Å². The van der Waals surface area contributed by atoms with Crippen LogP contribution in [0, 0.1) is 5.92 Å². The Morgan fingerprint density at radius 2 is 1.81 bits per heavy atom. The van der Waals surface area contributed by atoms with E-state index in [1.165, 1.54) is 18.4 Å².